The van der Waals surface area contributed by atoms with Gasteiger partial charge in [-0.1, -0.05) is 34.1 Å². The highest BCUT2D eigenvalue weighted by atomic mass is 79.9. The Bertz CT molecular complexity index is 651. The average molecular weight is 394 g/mol. The van der Waals surface area contributed by atoms with Crippen LogP contribution in [0.4, 0.5) is 0 Å². The summed E-state index contributed by atoms with van der Waals surface area (Å²) in [7, 11) is 1.63. The molecule has 0 aliphatic rings. The standard InChI is InChI=1S/C19H24BrNO3/c1-19(2,22)13-21-11-15-6-9-17(18(10-15)23-3)24-12-14-4-7-16(20)8-5-14/h4-10,21-22H,11-13H2,1-3H3. The highest BCUT2D eigenvalue weighted by molar-refractivity contribution is 9.10. The van der Waals surface area contributed by atoms with Gasteiger partial charge in [-0.2, -0.15) is 0 Å². The SMILES string of the molecule is COc1cc(CNCC(C)(C)O)ccc1OCc1ccc(Br)cc1. The van der Waals surface area contributed by atoms with Gasteiger partial charge in [0.1, 0.15) is 6.61 Å². The lowest BCUT2D eigenvalue weighted by Crippen LogP contribution is -2.34. The topological polar surface area (TPSA) is 50.7 Å². The Morgan fingerprint density at radius 1 is 1.04 bits per heavy atom. The predicted molar refractivity (Wildman–Crippen MR) is 99.5 cm³/mol. The second-order valence-corrected chi connectivity index (χ2v) is 7.23. The normalized spacial score (nSPS) is 11.4. The van der Waals surface area contributed by atoms with Crippen molar-refractivity contribution >= 4 is 15.9 Å². The molecule has 0 amide bonds. The number of halogens is 1. The Kier molecular flexibility index (Phi) is 6.66. The molecule has 0 aliphatic carbocycles. The van der Waals surface area contributed by atoms with Crippen LogP contribution in [-0.2, 0) is 13.2 Å². The van der Waals surface area contributed by atoms with Crippen LogP contribution >= 0.6 is 15.9 Å². The molecule has 4 nitrogen and oxygen atoms in total. The van der Waals surface area contributed by atoms with Gasteiger partial charge in [0.25, 0.3) is 0 Å². The van der Waals surface area contributed by atoms with E-state index in [1.807, 2.05) is 42.5 Å². The summed E-state index contributed by atoms with van der Waals surface area (Å²) in [6, 6.07) is 13.9. The molecule has 0 aliphatic heterocycles. The van der Waals surface area contributed by atoms with E-state index in [-0.39, 0.29) is 0 Å². The number of aliphatic hydroxyl groups is 1. The van der Waals surface area contributed by atoms with Gasteiger partial charge in [0, 0.05) is 17.6 Å². The molecule has 0 aromatic heterocycles. The van der Waals surface area contributed by atoms with Gasteiger partial charge in [0.05, 0.1) is 12.7 Å². The van der Waals surface area contributed by atoms with Crippen LogP contribution in [0.3, 0.4) is 0 Å². The third kappa shape index (κ3) is 6.15. The maximum atomic E-state index is 9.73. The van der Waals surface area contributed by atoms with Gasteiger partial charge < -0.3 is 19.9 Å². The lowest BCUT2D eigenvalue weighted by atomic mass is 10.1. The fraction of sp³-hybridized carbons (Fsp3) is 0.368. The molecule has 2 aromatic carbocycles. The molecule has 2 aromatic rings. The smallest absolute Gasteiger partial charge is 0.161 e. The van der Waals surface area contributed by atoms with E-state index in [0.717, 1.165) is 15.6 Å². The summed E-state index contributed by atoms with van der Waals surface area (Å²) < 4.78 is 12.3. The number of benzene rings is 2. The van der Waals surface area contributed by atoms with E-state index in [1.54, 1.807) is 21.0 Å². The summed E-state index contributed by atoms with van der Waals surface area (Å²) in [5, 5.41) is 13.0. The van der Waals surface area contributed by atoms with Crippen LogP contribution in [-0.4, -0.2) is 24.4 Å². The van der Waals surface area contributed by atoms with Gasteiger partial charge in [-0.3, -0.25) is 0 Å². The molecule has 0 atom stereocenters. The third-order valence-electron chi connectivity index (χ3n) is 3.42. The molecule has 0 bridgehead atoms. The minimum absolute atomic E-state index is 0.486. The summed E-state index contributed by atoms with van der Waals surface area (Å²) in [6.07, 6.45) is 0. The molecular formula is C19H24BrNO3. The molecule has 0 heterocycles. The molecule has 0 radical (unpaired) electrons. The minimum Gasteiger partial charge on any atom is -0.493 e. The zero-order valence-electron chi connectivity index (χ0n) is 14.3. The molecule has 0 unspecified atom stereocenters. The number of methoxy groups -OCH3 is 1. The predicted octanol–water partition coefficient (Wildman–Crippen LogP) is 3.90. The molecule has 130 valence electrons. The van der Waals surface area contributed by atoms with E-state index >= 15 is 0 Å². The highest BCUT2D eigenvalue weighted by Crippen LogP contribution is 2.29. The molecule has 2 N–H and O–H groups in total. The van der Waals surface area contributed by atoms with Crippen molar-refractivity contribution in [1.82, 2.24) is 5.32 Å². The van der Waals surface area contributed by atoms with Crippen LogP contribution in [0.15, 0.2) is 46.9 Å². The third-order valence-corrected chi connectivity index (χ3v) is 3.95. The average Bonchev–Trinajstić information content (AvgIpc) is 2.53. The largest absolute Gasteiger partial charge is 0.493 e. The lowest BCUT2D eigenvalue weighted by Gasteiger charge is -2.18. The van der Waals surface area contributed by atoms with Gasteiger partial charge in [-0.15, -0.1) is 0 Å². The van der Waals surface area contributed by atoms with Crippen molar-refractivity contribution < 1.29 is 14.6 Å². The molecule has 0 saturated carbocycles. The maximum Gasteiger partial charge on any atom is 0.161 e. The zero-order valence-corrected chi connectivity index (χ0v) is 15.9. The van der Waals surface area contributed by atoms with E-state index in [1.165, 1.54) is 0 Å². The van der Waals surface area contributed by atoms with Gasteiger partial charge in [0.2, 0.25) is 0 Å². The summed E-state index contributed by atoms with van der Waals surface area (Å²) in [5.41, 5.74) is 1.45. The van der Waals surface area contributed by atoms with Gasteiger partial charge in [-0.05, 0) is 49.2 Å². The first kappa shape index (κ1) is 18.8. The van der Waals surface area contributed by atoms with E-state index < -0.39 is 5.60 Å². The Labute approximate surface area is 151 Å². The van der Waals surface area contributed by atoms with Crippen LogP contribution in [0.1, 0.15) is 25.0 Å². The van der Waals surface area contributed by atoms with Crippen molar-refractivity contribution in [2.75, 3.05) is 13.7 Å². The maximum absolute atomic E-state index is 9.73. The number of rotatable bonds is 8. The van der Waals surface area contributed by atoms with Crippen molar-refractivity contribution in [2.24, 2.45) is 0 Å². The van der Waals surface area contributed by atoms with Gasteiger partial charge in [0.15, 0.2) is 11.5 Å². The van der Waals surface area contributed by atoms with Crippen LogP contribution in [0.25, 0.3) is 0 Å². The lowest BCUT2D eigenvalue weighted by molar-refractivity contribution is 0.0795. The van der Waals surface area contributed by atoms with E-state index in [9.17, 15) is 5.11 Å². The Hall–Kier alpha value is -1.56. The molecule has 0 spiro atoms. The quantitative estimate of drug-likeness (QED) is 0.713. The Morgan fingerprint density at radius 2 is 1.71 bits per heavy atom. The molecule has 24 heavy (non-hydrogen) atoms. The Balaban J connectivity index is 1.96. The number of hydrogen-bond acceptors (Lipinski definition) is 4. The summed E-state index contributed by atoms with van der Waals surface area (Å²) in [6.45, 7) is 5.23. The van der Waals surface area contributed by atoms with E-state index in [2.05, 4.69) is 21.2 Å². The zero-order chi connectivity index (χ0) is 17.6. The van der Waals surface area contributed by atoms with E-state index in [0.29, 0.717) is 31.2 Å². The summed E-state index contributed by atoms with van der Waals surface area (Å²) >= 11 is 3.42. The van der Waals surface area contributed by atoms with Crippen LogP contribution in [0.5, 0.6) is 11.5 Å². The number of ether oxygens (including phenoxy) is 2. The van der Waals surface area contributed by atoms with Crippen molar-refractivity contribution in [3.05, 3.63) is 58.1 Å². The van der Waals surface area contributed by atoms with Crippen molar-refractivity contribution in [3.63, 3.8) is 0 Å². The van der Waals surface area contributed by atoms with Crippen molar-refractivity contribution in [1.29, 1.82) is 0 Å². The molecular weight excluding hydrogens is 370 g/mol. The van der Waals surface area contributed by atoms with Gasteiger partial charge >= 0.3 is 0 Å². The summed E-state index contributed by atoms with van der Waals surface area (Å²) in [5.74, 6) is 1.42. The molecule has 2 rings (SSSR count). The minimum atomic E-state index is -0.724. The fourth-order valence-electron chi connectivity index (χ4n) is 2.20. The van der Waals surface area contributed by atoms with E-state index in [4.69, 9.17) is 9.47 Å². The number of nitrogens with one attached hydrogen (secondary N) is 1. The second kappa shape index (κ2) is 8.51. The van der Waals surface area contributed by atoms with Gasteiger partial charge in [-0.25, -0.2) is 0 Å². The molecule has 0 fully saturated rings. The number of hydrogen-bond donors (Lipinski definition) is 2. The first-order valence-corrected chi connectivity index (χ1v) is 8.64. The van der Waals surface area contributed by atoms with Crippen LogP contribution < -0.4 is 14.8 Å². The van der Waals surface area contributed by atoms with Crippen molar-refractivity contribution in [2.45, 2.75) is 32.6 Å². The monoisotopic (exact) mass is 393 g/mol. The van der Waals surface area contributed by atoms with Crippen molar-refractivity contribution in [3.8, 4) is 11.5 Å². The van der Waals surface area contributed by atoms with Crippen LogP contribution in [0, 0.1) is 0 Å². The second-order valence-electron chi connectivity index (χ2n) is 6.32. The first-order valence-electron chi connectivity index (χ1n) is 7.84. The van der Waals surface area contributed by atoms with Crippen LogP contribution in [0.2, 0.25) is 0 Å². The molecule has 5 heteroatoms. The molecule has 0 saturated heterocycles. The fourth-order valence-corrected chi connectivity index (χ4v) is 2.46. The summed E-state index contributed by atoms with van der Waals surface area (Å²) in [4.78, 5) is 0. The highest BCUT2D eigenvalue weighted by Gasteiger charge is 2.12. The Morgan fingerprint density at radius 3 is 2.33 bits per heavy atom. The first-order chi connectivity index (χ1) is 11.4.